The summed E-state index contributed by atoms with van der Waals surface area (Å²) in [6.07, 6.45) is 5.59. The maximum absolute atomic E-state index is 2.37. The lowest BCUT2D eigenvalue weighted by Crippen LogP contribution is -1.99. The second kappa shape index (κ2) is 18.7. The number of hydrogen-bond acceptors (Lipinski definition) is 0. The highest BCUT2D eigenvalue weighted by Gasteiger charge is 2.03. The molecule has 0 radical (unpaired) electrons. The quantitative estimate of drug-likeness (QED) is 0.520. The van der Waals surface area contributed by atoms with Crippen molar-refractivity contribution in [3.8, 4) is 0 Å². The van der Waals surface area contributed by atoms with Gasteiger partial charge in [0.2, 0.25) is 0 Å². The van der Waals surface area contributed by atoms with E-state index in [0.29, 0.717) is 0 Å². The zero-order valence-corrected chi connectivity index (χ0v) is 12.0. The molecule has 0 heterocycles. The molecule has 1 unspecified atom stereocenters. The predicted molar refractivity (Wildman–Crippen MR) is 70.8 cm³/mol. The first-order valence-corrected chi connectivity index (χ1v) is 6.66. The molecule has 14 heavy (non-hydrogen) atoms. The molecular formula is C14H34. The fraction of sp³-hybridized carbons (Fsp3) is 1.00. The Labute approximate surface area is 93.5 Å². The Bertz CT molecular complexity index is 64.4. The van der Waals surface area contributed by atoms with Crippen molar-refractivity contribution in [3.05, 3.63) is 0 Å². The summed E-state index contributed by atoms with van der Waals surface area (Å²) in [7, 11) is 0. The van der Waals surface area contributed by atoms with E-state index in [1.165, 1.54) is 25.7 Å². The van der Waals surface area contributed by atoms with Gasteiger partial charge in [-0.2, -0.15) is 0 Å². The topological polar surface area (TPSA) is 0 Å². The van der Waals surface area contributed by atoms with Crippen LogP contribution in [0.1, 0.15) is 81.1 Å². The Morgan fingerprint density at radius 1 is 0.857 bits per heavy atom. The Balaban J connectivity index is -0.000000266. The van der Waals surface area contributed by atoms with Crippen LogP contribution in [-0.4, -0.2) is 0 Å². The van der Waals surface area contributed by atoms with Gasteiger partial charge in [-0.25, -0.2) is 0 Å². The van der Waals surface area contributed by atoms with E-state index in [4.69, 9.17) is 0 Å². The highest BCUT2D eigenvalue weighted by atomic mass is 14.1. The fourth-order valence-corrected chi connectivity index (χ4v) is 1.48. The largest absolute Gasteiger partial charge is 0.0683 e. The molecule has 0 aromatic rings. The van der Waals surface area contributed by atoms with Crippen molar-refractivity contribution in [1.82, 2.24) is 0 Å². The molecule has 0 fully saturated rings. The Morgan fingerprint density at radius 2 is 1.29 bits per heavy atom. The molecule has 90 valence electrons. The van der Waals surface area contributed by atoms with E-state index in [-0.39, 0.29) is 0 Å². The maximum atomic E-state index is 2.37. The van der Waals surface area contributed by atoms with Crippen LogP contribution in [-0.2, 0) is 0 Å². The summed E-state index contributed by atoms with van der Waals surface area (Å²) in [5.74, 6) is 1.83. The molecule has 0 aliphatic heterocycles. The normalized spacial score (nSPS) is 10.9. The fourth-order valence-electron chi connectivity index (χ4n) is 1.48. The van der Waals surface area contributed by atoms with Crippen LogP contribution in [0.5, 0.6) is 0 Å². The number of hydrogen-bond donors (Lipinski definition) is 0. The summed E-state index contributed by atoms with van der Waals surface area (Å²) in [6.45, 7) is 17.3. The Hall–Kier alpha value is 0. The van der Waals surface area contributed by atoms with Crippen LogP contribution in [0.2, 0.25) is 0 Å². The second-order valence-electron chi connectivity index (χ2n) is 3.88. The standard InChI is InChI=1S/C10H22.2C2H6/c1-5-6-7-10(4)8-9(2)3;2*1-2/h9-10H,5-8H2,1-4H3;2*1-2H3. The van der Waals surface area contributed by atoms with Crippen molar-refractivity contribution < 1.29 is 0 Å². The van der Waals surface area contributed by atoms with Crippen molar-refractivity contribution in [2.45, 2.75) is 81.1 Å². The molecule has 1 atom stereocenters. The summed E-state index contributed by atoms with van der Waals surface area (Å²) in [4.78, 5) is 0. The molecular weight excluding hydrogens is 168 g/mol. The molecule has 0 aliphatic rings. The van der Waals surface area contributed by atoms with Gasteiger partial charge < -0.3 is 0 Å². The molecule has 0 saturated heterocycles. The van der Waals surface area contributed by atoms with Gasteiger partial charge in [-0.15, -0.1) is 0 Å². The van der Waals surface area contributed by atoms with Gasteiger partial charge in [0.25, 0.3) is 0 Å². The minimum atomic E-state index is 0.881. The molecule has 0 aromatic carbocycles. The zero-order chi connectivity index (χ0) is 12.0. The van der Waals surface area contributed by atoms with Crippen molar-refractivity contribution in [2.24, 2.45) is 11.8 Å². The molecule has 0 spiro atoms. The van der Waals surface area contributed by atoms with Gasteiger partial charge >= 0.3 is 0 Å². The third kappa shape index (κ3) is 22.7. The minimum absolute atomic E-state index is 0.881. The Morgan fingerprint density at radius 3 is 1.57 bits per heavy atom. The average molecular weight is 202 g/mol. The van der Waals surface area contributed by atoms with Crippen LogP contribution in [0.4, 0.5) is 0 Å². The van der Waals surface area contributed by atoms with Gasteiger partial charge in [0.1, 0.15) is 0 Å². The van der Waals surface area contributed by atoms with Crippen LogP contribution in [0.25, 0.3) is 0 Å². The zero-order valence-electron chi connectivity index (χ0n) is 12.0. The van der Waals surface area contributed by atoms with E-state index in [1.807, 2.05) is 27.7 Å². The molecule has 0 heteroatoms. The van der Waals surface area contributed by atoms with Gasteiger partial charge in [0.15, 0.2) is 0 Å². The van der Waals surface area contributed by atoms with E-state index >= 15 is 0 Å². The number of rotatable bonds is 5. The summed E-state index contributed by atoms with van der Waals surface area (Å²) >= 11 is 0. The third-order valence-corrected chi connectivity index (χ3v) is 1.92. The summed E-state index contributed by atoms with van der Waals surface area (Å²) in [6, 6.07) is 0. The van der Waals surface area contributed by atoms with Crippen LogP contribution < -0.4 is 0 Å². The molecule has 0 amide bonds. The first kappa shape index (κ1) is 19.6. The van der Waals surface area contributed by atoms with Gasteiger partial charge in [-0.05, 0) is 18.3 Å². The van der Waals surface area contributed by atoms with Gasteiger partial charge in [-0.1, -0.05) is 74.7 Å². The van der Waals surface area contributed by atoms with Gasteiger partial charge in [0, 0.05) is 0 Å². The molecule has 0 aliphatic carbocycles. The smallest absolute Gasteiger partial charge is 0.0440 e. The summed E-state index contributed by atoms with van der Waals surface area (Å²) in [5, 5.41) is 0. The van der Waals surface area contributed by atoms with Crippen molar-refractivity contribution in [2.75, 3.05) is 0 Å². The highest BCUT2D eigenvalue weighted by molar-refractivity contribution is 4.55. The molecule has 0 saturated carbocycles. The van der Waals surface area contributed by atoms with E-state index < -0.39 is 0 Å². The number of unbranched alkanes of at least 4 members (excludes halogenated alkanes) is 1. The van der Waals surface area contributed by atoms with Gasteiger partial charge in [0.05, 0.1) is 0 Å². The monoisotopic (exact) mass is 202 g/mol. The molecule has 0 bridgehead atoms. The highest BCUT2D eigenvalue weighted by Crippen LogP contribution is 2.16. The van der Waals surface area contributed by atoms with Crippen molar-refractivity contribution >= 4 is 0 Å². The lowest BCUT2D eigenvalue weighted by atomic mass is 9.94. The van der Waals surface area contributed by atoms with Crippen LogP contribution in [0.3, 0.4) is 0 Å². The predicted octanol–water partition coefficient (Wildman–Crippen LogP) is 5.91. The summed E-state index contributed by atoms with van der Waals surface area (Å²) < 4.78 is 0. The van der Waals surface area contributed by atoms with E-state index in [1.54, 1.807) is 0 Å². The molecule has 0 N–H and O–H groups in total. The van der Waals surface area contributed by atoms with Gasteiger partial charge in [-0.3, -0.25) is 0 Å². The molecule has 0 aromatic heterocycles. The second-order valence-corrected chi connectivity index (χ2v) is 3.88. The lowest BCUT2D eigenvalue weighted by Gasteiger charge is -2.12. The first-order valence-electron chi connectivity index (χ1n) is 6.66. The van der Waals surface area contributed by atoms with Crippen LogP contribution in [0, 0.1) is 11.8 Å². The van der Waals surface area contributed by atoms with Crippen molar-refractivity contribution in [3.63, 3.8) is 0 Å². The van der Waals surface area contributed by atoms with Crippen LogP contribution in [0.15, 0.2) is 0 Å². The summed E-state index contributed by atoms with van der Waals surface area (Å²) in [5.41, 5.74) is 0. The maximum Gasteiger partial charge on any atom is -0.0440 e. The van der Waals surface area contributed by atoms with E-state index in [2.05, 4.69) is 27.7 Å². The average Bonchev–Trinajstić information content (AvgIpc) is 2.20. The third-order valence-electron chi connectivity index (χ3n) is 1.92. The van der Waals surface area contributed by atoms with E-state index in [0.717, 1.165) is 11.8 Å². The van der Waals surface area contributed by atoms with Crippen LogP contribution >= 0.6 is 0 Å². The Kier molecular flexibility index (Phi) is 26.1. The lowest BCUT2D eigenvalue weighted by molar-refractivity contribution is 0.404. The first-order chi connectivity index (χ1) is 6.66. The molecule has 0 rings (SSSR count). The van der Waals surface area contributed by atoms with Crippen molar-refractivity contribution in [1.29, 1.82) is 0 Å². The molecule has 0 nitrogen and oxygen atoms in total. The SMILES string of the molecule is CC.CC.CCCCC(C)CC(C)C. The van der Waals surface area contributed by atoms with E-state index in [9.17, 15) is 0 Å². The minimum Gasteiger partial charge on any atom is -0.0683 e.